The van der Waals surface area contributed by atoms with Crippen molar-refractivity contribution < 1.29 is 38.5 Å². The first-order chi connectivity index (χ1) is 7.36. The second-order valence-corrected chi connectivity index (χ2v) is 3.06. The zero-order chi connectivity index (χ0) is 10.5. The normalized spacial score (nSPS) is 9.25. The van der Waals surface area contributed by atoms with E-state index in [4.69, 9.17) is 4.74 Å². The minimum atomic E-state index is -0.389. The monoisotopic (exact) mass is 330 g/mol. The molecule has 4 nitrogen and oxygen atoms in total. The summed E-state index contributed by atoms with van der Waals surface area (Å²) in [5, 5.41) is 0. The van der Waals surface area contributed by atoms with Gasteiger partial charge in [-0.2, -0.15) is 4.79 Å². The maximum Gasteiger partial charge on any atom is 0.511 e. The Labute approximate surface area is 110 Å². The Morgan fingerprint density at radius 2 is 2.06 bits per heavy atom. The molecule has 1 aromatic heterocycles. The topological polar surface area (TPSA) is 45.4 Å². The van der Waals surface area contributed by atoms with Gasteiger partial charge in [-0.05, 0) is 5.56 Å². The summed E-state index contributed by atoms with van der Waals surface area (Å²) in [6, 6.07) is 9.57. The predicted molar refractivity (Wildman–Crippen MR) is 53.0 cm³/mol. The van der Waals surface area contributed by atoms with Gasteiger partial charge in [0, 0.05) is 0 Å². The minimum absolute atomic E-state index is 0. The highest BCUT2D eigenvalue weighted by molar-refractivity contribution is 5.69. The molecule has 1 heterocycles. The number of rotatable bonds is 2. The van der Waals surface area contributed by atoms with Crippen LogP contribution in [0.15, 0.2) is 49.1 Å². The number of hydrogen-bond donors (Lipinski definition) is 0. The minimum Gasteiger partial charge on any atom is -1.00 e. The van der Waals surface area contributed by atoms with E-state index in [0.717, 1.165) is 5.56 Å². The first-order valence-electron chi connectivity index (χ1n) is 4.61. The Morgan fingerprint density at radius 1 is 1.31 bits per heavy atom. The van der Waals surface area contributed by atoms with E-state index in [-0.39, 0.29) is 36.7 Å². The van der Waals surface area contributed by atoms with Crippen LogP contribution in [0, 0.1) is 0 Å². The predicted octanol–water partition coefficient (Wildman–Crippen LogP) is -1.51. The molecule has 1 N–H and O–H groups in total. The zero-order valence-corrected chi connectivity index (χ0v) is 10.6. The number of hydrogen-bond acceptors (Lipinski definition) is 2. The second-order valence-electron chi connectivity index (χ2n) is 3.06. The van der Waals surface area contributed by atoms with Crippen molar-refractivity contribution in [3.05, 3.63) is 54.6 Å². The van der Waals surface area contributed by atoms with Gasteiger partial charge in [0.05, 0.1) is 0 Å². The lowest BCUT2D eigenvalue weighted by molar-refractivity contribution is -0.376. The largest absolute Gasteiger partial charge is 1.00 e. The number of carbonyl (C=O) groups excluding carboxylic acids is 1. The molecular weight excluding hydrogens is 319 g/mol. The summed E-state index contributed by atoms with van der Waals surface area (Å²) in [7, 11) is 0. The van der Waals surface area contributed by atoms with Crippen LogP contribution in [0.1, 0.15) is 5.56 Å². The van der Waals surface area contributed by atoms with Gasteiger partial charge in [0.1, 0.15) is 19.0 Å². The van der Waals surface area contributed by atoms with Crippen LogP contribution < -0.4 is 29.0 Å². The highest BCUT2D eigenvalue weighted by Crippen LogP contribution is 2.01. The summed E-state index contributed by atoms with van der Waals surface area (Å²) >= 11 is 0. The van der Waals surface area contributed by atoms with E-state index in [1.807, 2.05) is 30.3 Å². The number of benzene rings is 1. The van der Waals surface area contributed by atoms with Crippen LogP contribution in [0.2, 0.25) is 0 Å². The van der Waals surface area contributed by atoms with Crippen LogP contribution >= 0.6 is 0 Å². The van der Waals surface area contributed by atoms with Gasteiger partial charge < -0.3 is 28.7 Å². The van der Waals surface area contributed by atoms with Gasteiger partial charge in [-0.15, -0.1) is 4.57 Å². The van der Waals surface area contributed by atoms with Crippen LogP contribution in [-0.4, -0.2) is 10.7 Å². The number of imidazole rings is 1. The van der Waals surface area contributed by atoms with Gasteiger partial charge in [0.2, 0.25) is 0 Å². The lowest BCUT2D eigenvalue weighted by atomic mass is 10.2. The lowest BCUT2D eigenvalue weighted by Gasteiger charge is -2.00. The van der Waals surface area contributed by atoms with E-state index in [1.54, 1.807) is 12.4 Å². The molecule has 84 valence electrons. The van der Waals surface area contributed by atoms with Crippen molar-refractivity contribution in [2.75, 3.05) is 0 Å². The van der Waals surface area contributed by atoms with Crippen LogP contribution in [-0.2, 0) is 11.3 Å². The van der Waals surface area contributed by atoms with E-state index in [1.165, 1.54) is 10.9 Å². The highest BCUT2D eigenvalue weighted by atomic mass is 127. The standard InChI is InChI=1S/C11H10N2O2.HI/c14-11(13-7-6-12-9-13)15-8-10-4-2-1-3-5-10;/h1-7,9H,8H2;1H. The van der Waals surface area contributed by atoms with Gasteiger partial charge in [-0.3, -0.25) is 0 Å². The molecule has 0 unspecified atom stereocenters. The Balaban J connectivity index is 0.00000128. The number of ether oxygens (including phenoxy) is 1. The van der Waals surface area contributed by atoms with E-state index in [0.29, 0.717) is 0 Å². The molecule has 0 radical (unpaired) electrons. The number of nitrogens with zero attached hydrogens (tertiary/aromatic N) is 1. The van der Waals surface area contributed by atoms with E-state index in [2.05, 4.69) is 4.98 Å². The second kappa shape index (κ2) is 6.26. The number of carbonyl (C=O) groups is 1. The average molecular weight is 330 g/mol. The molecule has 2 rings (SSSR count). The summed E-state index contributed by atoms with van der Waals surface area (Å²) in [5.41, 5.74) is 0.974. The molecule has 0 spiro atoms. The van der Waals surface area contributed by atoms with Gasteiger partial charge in [0.25, 0.3) is 6.33 Å². The lowest BCUT2D eigenvalue weighted by Crippen LogP contribution is -3.00. The van der Waals surface area contributed by atoms with Crippen LogP contribution in [0.3, 0.4) is 0 Å². The fraction of sp³-hybridized carbons (Fsp3) is 0.0909. The van der Waals surface area contributed by atoms with Crippen LogP contribution in [0.25, 0.3) is 0 Å². The fourth-order valence-electron chi connectivity index (χ4n) is 1.20. The molecule has 2 aromatic rings. The van der Waals surface area contributed by atoms with E-state index < -0.39 is 0 Å². The maximum absolute atomic E-state index is 11.4. The summed E-state index contributed by atoms with van der Waals surface area (Å²) in [4.78, 5) is 14.2. The summed E-state index contributed by atoms with van der Waals surface area (Å²) in [6.45, 7) is 0.290. The van der Waals surface area contributed by atoms with Crippen molar-refractivity contribution in [1.29, 1.82) is 0 Å². The Hall–Kier alpha value is -1.37. The van der Waals surface area contributed by atoms with Gasteiger partial charge in [0.15, 0.2) is 0 Å². The molecule has 0 aliphatic heterocycles. The van der Waals surface area contributed by atoms with Crippen molar-refractivity contribution >= 4 is 6.09 Å². The van der Waals surface area contributed by atoms with Crippen molar-refractivity contribution in [2.45, 2.75) is 6.61 Å². The Kier molecular flexibility index (Phi) is 4.97. The molecule has 0 aliphatic rings. The molecule has 0 saturated heterocycles. The quantitative estimate of drug-likeness (QED) is 0.629. The summed E-state index contributed by atoms with van der Waals surface area (Å²) in [6.07, 6.45) is 4.41. The molecule has 1 aromatic carbocycles. The molecule has 0 atom stereocenters. The molecule has 16 heavy (non-hydrogen) atoms. The number of H-pyrrole nitrogens is 1. The van der Waals surface area contributed by atoms with E-state index >= 15 is 0 Å². The third-order valence-corrected chi connectivity index (χ3v) is 1.96. The van der Waals surface area contributed by atoms with Crippen molar-refractivity contribution in [3.8, 4) is 0 Å². The van der Waals surface area contributed by atoms with E-state index in [9.17, 15) is 4.79 Å². The van der Waals surface area contributed by atoms with Crippen molar-refractivity contribution in [2.24, 2.45) is 0 Å². The molecule has 0 fully saturated rings. The highest BCUT2D eigenvalue weighted by Gasteiger charge is 2.10. The number of aromatic amines is 1. The molecular formula is C11H11IN2O2. The maximum atomic E-state index is 11.4. The van der Waals surface area contributed by atoms with Gasteiger partial charge in [-0.25, -0.2) is 4.98 Å². The fourth-order valence-corrected chi connectivity index (χ4v) is 1.20. The van der Waals surface area contributed by atoms with Gasteiger partial charge >= 0.3 is 6.09 Å². The van der Waals surface area contributed by atoms with Crippen LogP contribution in [0.4, 0.5) is 4.79 Å². The number of nitrogens with one attached hydrogen (secondary N) is 1. The van der Waals surface area contributed by atoms with Crippen molar-refractivity contribution in [3.63, 3.8) is 0 Å². The SMILES string of the molecule is O=C(OCc1ccccc1)n1cc[nH+]c1.[I-]. The first kappa shape index (κ1) is 12.7. The van der Waals surface area contributed by atoms with Crippen LogP contribution in [0.5, 0.6) is 0 Å². The zero-order valence-electron chi connectivity index (χ0n) is 8.47. The smallest absolute Gasteiger partial charge is 0.511 e. The number of halogens is 1. The average Bonchev–Trinajstić information content (AvgIpc) is 2.81. The molecule has 5 heteroatoms. The Morgan fingerprint density at radius 3 is 2.69 bits per heavy atom. The number of aromatic nitrogens is 2. The summed E-state index contributed by atoms with van der Waals surface area (Å²) < 4.78 is 6.43. The molecule has 0 bridgehead atoms. The van der Waals surface area contributed by atoms with Gasteiger partial charge in [-0.1, -0.05) is 30.3 Å². The summed E-state index contributed by atoms with van der Waals surface area (Å²) in [5.74, 6) is 0. The van der Waals surface area contributed by atoms with Crippen molar-refractivity contribution in [1.82, 2.24) is 4.57 Å². The third-order valence-electron chi connectivity index (χ3n) is 1.96. The molecule has 0 saturated carbocycles. The Bertz CT molecular complexity index is 429. The molecule has 0 aliphatic carbocycles. The first-order valence-corrected chi connectivity index (χ1v) is 4.61. The molecule has 0 amide bonds. The third kappa shape index (κ3) is 3.34.